The molecule has 0 aromatic heterocycles. The number of hydroxylamine groups is 2. The van der Waals surface area contributed by atoms with Crippen molar-refractivity contribution in [1.29, 1.82) is 0 Å². The van der Waals surface area contributed by atoms with Crippen LogP contribution in [-0.4, -0.2) is 38.3 Å². The number of hydrogen-bond donors (Lipinski definition) is 0. The molecule has 1 saturated heterocycles. The molecule has 1 unspecified atom stereocenters. The second kappa shape index (κ2) is 4.07. The molecule has 0 N–H and O–H groups in total. The van der Waals surface area contributed by atoms with Gasteiger partial charge in [0.15, 0.2) is 0 Å². The fourth-order valence-electron chi connectivity index (χ4n) is 1.57. The topological polar surface area (TPSA) is 38.8 Å². The summed E-state index contributed by atoms with van der Waals surface area (Å²) in [5.74, 6) is -0.00491. The number of nitrogens with zero attached hydrogens (tertiary/aromatic N) is 1. The minimum Gasteiger partial charge on any atom is -0.380 e. The SMILES string of the molecule is CON(C)C(=O)C1(C)CCCOC1. The molecular weight excluding hydrogens is 170 g/mol. The Balaban J connectivity index is 2.61. The molecule has 0 radical (unpaired) electrons. The van der Waals surface area contributed by atoms with Crippen LogP contribution in [0.3, 0.4) is 0 Å². The van der Waals surface area contributed by atoms with Gasteiger partial charge in [-0.3, -0.25) is 9.63 Å². The van der Waals surface area contributed by atoms with Crippen LogP contribution >= 0.6 is 0 Å². The Morgan fingerprint density at radius 1 is 1.62 bits per heavy atom. The molecule has 0 aromatic carbocycles. The number of carbonyl (C=O) groups excluding carboxylic acids is 1. The van der Waals surface area contributed by atoms with E-state index in [0.717, 1.165) is 19.4 Å². The van der Waals surface area contributed by atoms with E-state index in [9.17, 15) is 4.79 Å². The molecule has 4 heteroatoms. The number of rotatable bonds is 2. The van der Waals surface area contributed by atoms with Gasteiger partial charge < -0.3 is 4.74 Å². The lowest BCUT2D eigenvalue weighted by Crippen LogP contribution is -2.44. The molecule has 1 atom stereocenters. The summed E-state index contributed by atoms with van der Waals surface area (Å²) >= 11 is 0. The quantitative estimate of drug-likeness (QED) is 0.601. The smallest absolute Gasteiger partial charge is 0.254 e. The minimum atomic E-state index is -0.400. The Bertz CT molecular complexity index is 187. The first-order chi connectivity index (χ1) is 6.10. The molecule has 1 heterocycles. The summed E-state index contributed by atoms with van der Waals surface area (Å²) in [6.45, 7) is 3.18. The summed E-state index contributed by atoms with van der Waals surface area (Å²) in [4.78, 5) is 16.6. The largest absolute Gasteiger partial charge is 0.380 e. The second-order valence-electron chi connectivity index (χ2n) is 3.70. The zero-order chi connectivity index (χ0) is 9.90. The van der Waals surface area contributed by atoms with E-state index in [1.54, 1.807) is 7.05 Å². The fourth-order valence-corrected chi connectivity index (χ4v) is 1.57. The molecule has 13 heavy (non-hydrogen) atoms. The van der Waals surface area contributed by atoms with Gasteiger partial charge in [0.25, 0.3) is 5.91 Å². The zero-order valence-corrected chi connectivity index (χ0v) is 8.50. The Hall–Kier alpha value is -0.610. The number of amides is 1. The van der Waals surface area contributed by atoms with Crippen LogP contribution in [0.1, 0.15) is 19.8 Å². The summed E-state index contributed by atoms with van der Waals surface area (Å²) in [5.41, 5.74) is -0.400. The van der Waals surface area contributed by atoms with Crippen molar-refractivity contribution < 1.29 is 14.4 Å². The van der Waals surface area contributed by atoms with Crippen molar-refractivity contribution in [3.05, 3.63) is 0 Å². The van der Waals surface area contributed by atoms with E-state index in [1.165, 1.54) is 12.2 Å². The van der Waals surface area contributed by atoms with Crippen LogP contribution in [0.15, 0.2) is 0 Å². The van der Waals surface area contributed by atoms with Crippen molar-refractivity contribution in [3.63, 3.8) is 0 Å². The van der Waals surface area contributed by atoms with E-state index in [0.29, 0.717) is 6.61 Å². The third-order valence-corrected chi connectivity index (χ3v) is 2.51. The van der Waals surface area contributed by atoms with Crippen LogP contribution in [0.5, 0.6) is 0 Å². The first kappa shape index (κ1) is 10.5. The molecule has 0 bridgehead atoms. The first-order valence-corrected chi connectivity index (χ1v) is 4.50. The molecule has 0 spiro atoms. The molecule has 0 aromatic rings. The van der Waals surface area contributed by atoms with Gasteiger partial charge >= 0.3 is 0 Å². The Morgan fingerprint density at radius 3 is 2.77 bits per heavy atom. The highest BCUT2D eigenvalue weighted by molar-refractivity contribution is 5.81. The third-order valence-electron chi connectivity index (χ3n) is 2.51. The predicted octanol–water partition coefficient (Wildman–Crippen LogP) is 0.823. The summed E-state index contributed by atoms with van der Waals surface area (Å²) in [7, 11) is 3.12. The average Bonchev–Trinajstić information content (AvgIpc) is 2.16. The van der Waals surface area contributed by atoms with Gasteiger partial charge in [-0.25, -0.2) is 5.06 Å². The van der Waals surface area contributed by atoms with Crippen molar-refractivity contribution in [1.82, 2.24) is 5.06 Å². The molecule has 0 aliphatic carbocycles. The van der Waals surface area contributed by atoms with Crippen LogP contribution in [0.25, 0.3) is 0 Å². The maximum atomic E-state index is 11.8. The lowest BCUT2D eigenvalue weighted by molar-refractivity contribution is -0.185. The van der Waals surface area contributed by atoms with Crippen molar-refractivity contribution in [2.75, 3.05) is 27.4 Å². The van der Waals surface area contributed by atoms with E-state index in [1.807, 2.05) is 6.92 Å². The Labute approximate surface area is 78.8 Å². The average molecular weight is 187 g/mol. The highest BCUT2D eigenvalue weighted by Crippen LogP contribution is 2.29. The van der Waals surface area contributed by atoms with E-state index < -0.39 is 5.41 Å². The van der Waals surface area contributed by atoms with Crippen LogP contribution in [0.4, 0.5) is 0 Å². The summed E-state index contributed by atoms with van der Waals surface area (Å²) < 4.78 is 5.30. The van der Waals surface area contributed by atoms with Gasteiger partial charge in [0, 0.05) is 13.7 Å². The van der Waals surface area contributed by atoms with Gasteiger partial charge in [-0.2, -0.15) is 0 Å². The zero-order valence-electron chi connectivity index (χ0n) is 8.50. The highest BCUT2D eigenvalue weighted by Gasteiger charge is 2.37. The number of hydrogen-bond acceptors (Lipinski definition) is 3. The summed E-state index contributed by atoms with van der Waals surface area (Å²) in [6.07, 6.45) is 1.82. The van der Waals surface area contributed by atoms with Gasteiger partial charge in [0.1, 0.15) is 0 Å². The van der Waals surface area contributed by atoms with Gasteiger partial charge in [0.2, 0.25) is 0 Å². The van der Waals surface area contributed by atoms with Gasteiger partial charge in [-0.1, -0.05) is 0 Å². The molecule has 1 rings (SSSR count). The van der Waals surface area contributed by atoms with E-state index in [2.05, 4.69) is 0 Å². The van der Waals surface area contributed by atoms with Crippen LogP contribution < -0.4 is 0 Å². The van der Waals surface area contributed by atoms with E-state index >= 15 is 0 Å². The third kappa shape index (κ3) is 2.19. The number of carbonyl (C=O) groups is 1. The van der Waals surface area contributed by atoms with Crippen LogP contribution in [0.2, 0.25) is 0 Å². The maximum Gasteiger partial charge on any atom is 0.254 e. The second-order valence-corrected chi connectivity index (χ2v) is 3.70. The summed E-state index contributed by atoms with van der Waals surface area (Å²) in [5, 5.41) is 1.27. The Kier molecular flexibility index (Phi) is 3.27. The maximum absolute atomic E-state index is 11.8. The van der Waals surface area contributed by atoms with Crippen molar-refractivity contribution >= 4 is 5.91 Å². The highest BCUT2D eigenvalue weighted by atomic mass is 16.7. The normalized spacial score (nSPS) is 28.5. The van der Waals surface area contributed by atoms with E-state index in [4.69, 9.17) is 9.57 Å². The van der Waals surface area contributed by atoms with Crippen LogP contribution in [0, 0.1) is 5.41 Å². The Morgan fingerprint density at radius 2 is 2.31 bits per heavy atom. The molecule has 1 aliphatic heterocycles. The van der Waals surface area contributed by atoms with E-state index in [-0.39, 0.29) is 5.91 Å². The van der Waals surface area contributed by atoms with Gasteiger partial charge in [-0.05, 0) is 19.8 Å². The minimum absolute atomic E-state index is 0.00491. The van der Waals surface area contributed by atoms with Crippen molar-refractivity contribution in [2.45, 2.75) is 19.8 Å². The lowest BCUT2D eigenvalue weighted by atomic mass is 9.84. The molecule has 0 saturated carbocycles. The molecule has 1 aliphatic rings. The van der Waals surface area contributed by atoms with Crippen molar-refractivity contribution in [2.24, 2.45) is 5.41 Å². The monoisotopic (exact) mass is 187 g/mol. The van der Waals surface area contributed by atoms with Crippen molar-refractivity contribution in [3.8, 4) is 0 Å². The van der Waals surface area contributed by atoms with Crippen LogP contribution in [-0.2, 0) is 14.4 Å². The van der Waals surface area contributed by atoms with Gasteiger partial charge in [0.05, 0.1) is 19.1 Å². The molecule has 1 fully saturated rings. The summed E-state index contributed by atoms with van der Waals surface area (Å²) in [6, 6.07) is 0. The van der Waals surface area contributed by atoms with Gasteiger partial charge in [-0.15, -0.1) is 0 Å². The molecule has 4 nitrogen and oxygen atoms in total. The lowest BCUT2D eigenvalue weighted by Gasteiger charge is -2.34. The predicted molar refractivity (Wildman–Crippen MR) is 47.9 cm³/mol. The first-order valence-electron chi connectivity index (χ1n) is 4.50. The molecular formula is C9H17NO3. The molecule has 76 valence electrons. The standard InChI is InChI=1S/C9H17NO3/c1-9(5-4-6-13-7-9)8(11)10(2)12-3/h4-7H2,1-3H3. The molecule has 1 amide bonds. The number of ether oxygens (including phenoxy) is 1. The fraction of sp³-hybridized carbons (Fsp3) is 0.889.